The number of carboxylic acid groups (broad SMARTS) is 1. The lowest BCUT2D eigenvalue weighted by Crippen LogP contribution is -2.57. The number of rotatable bonds is 5. The van der Waals surface area contributed by atoms with Gasteiger partial charge in [0, 0.05) is 7.05 Å². The fraction of sp³-hybridized carbons (Fsp3) is 0.800. The molecule has 0 aromatic carbocycles. The van der Waals surface area contributed by atoms with Crippen molar-refractivity contribution in [3.05, 3.63) is 0 Å². The molecule has 0 radical (unpaired) electrons. The van der Waals surface area contributed by atoms with Crippen molar-refractivity contribution in [1.82, 2.24) is 10.2 Å². The van der Waals surface area contributed by atoms with Crippen molar-refractivity contribution in [2.45, 2.75) is 37.6 Å². The van der Waals surface area contributed by atoms with Crippen LogP contribution in [0, 0.1) is 0 Å². The molecule has 0 bridgehead atoms. The van der Waals surface area contributed by atoms with Gasteiger partial charge in [-0.2, -0.15) is 0 Å². The highest BCUT2D eigenvalue weighted by atomic mass is 19.3. The van der Waals surface area contributed by atoms with Gasteiger partial charge < -0.3 is 15.3 Å². The number of carbonyl (C=O) groups is 2. The smallest absolute Gasteiger partial charge is 0.317 e. The third kappa shape index (κ3) is 3.83. The number of hydrogen-bond donors (Lipinski definition) is 2. The van der Waals surface area contributed by atoms with Crippen molar-refractivity contribution in [2.75, 3.05) is 13.6 Å². The van der Waals surface area contributed by atoms with Crippen LogP contribution in [0.2, 0.25) is 0 Å². The number of nitrogens with one attached hydrogen (secondary N) is 1. The van der Waals surface area contributed by atoms with Crippen molar-refractivity contribution in [3.8, 4) is 0 Å². The standard InChI is InChI=1S/C10H16F2N2O3/c1-14(6-7(11)12)9(17)13-10(3-2-4-10)5-8(15)16/h7H,2-6H2,1H3,(H,13,17)(H,15,16). The van der Waals surface area contributed by atoms with Crippen LogP contribution in [0.25, 0.3) is 0 Å². The molecular weight excluding hydrogens is 234 g/mol. The van der Waals surface area contributed by atoms with E-state index < -0.39 is 30.5 Å². The molecule has 0 aromatic heterocycles. The second-order valence-electron chi connectivity index (χ2n) is 4.41. The zero-order chi connectivity index (χ0) is 13.1. The molecule has 1 aliphatic rings. The highest BCUT2D eigenvalue weighted by Gasteiger charge is 2.41. The average molecular weight is 250 g/mol. The number of aliphatic carboxylic acids is 1. The first-order valence-corrected chi connectivity index (χ1v) is 5.38. The number of alkyl halides is 2. The van der Waals surface area contributed by atoms with Gasteiger partial charge in [-0.25, -0.2) is 13.6 Å². The van der Waals surface area contributed by atoms with Crippen LogP contribution in [0.15, 0.2) is 0 Å². The van der Waals surface area contributed by atoms with Gasteiger partial charge in [-0.05, 0) is 19.3 Å². The molecule has 2 N–H and O–H groups in total. The Bertz CT molecular complexity index is 306. The van der Waals surface area contributed by atoms with Crippen LogP contribution in [0.4, 0.5) is 13.6 Å². The molecule has 1 rings (SSSR count). The molecule has 0 unspecified atom stereocenters. The summed E-state index contributed by atoms with van der Waals surface area (Å²) in [6.07, 6.45) is -0.767. The topological polar surface area (TPSA) is 69.6 Å². The number of carbonyl (C=O) groups excluding carboxylic acids is 1. The number of nitrogens with zero attached hydrogens (tertiary/aromatic N) is 1. The van der Waals surface area contributed by atoms with E-state index in [4.69, 9.17) is 5.11 Å². The molecule has 0 spiro atoms. The van der Waals surface area contributed by atoms with Crippen molar-refractivity contribution in [1.29, 1.82) is 0 Å². The van der Waals surface area contributed by atoms with E-state index in [1.54, 1.807) is 0 Å². The number of hydrogen-bond acceptors (Lipinski definition) is 2. The van der Waals surface area contributed by atoms with E-state index in [-0.39, 0.29) is 6.42 Å². The molecular formula is C10H16F2N2O3. The fourth-order valence-electron chi connectivity index (χ4n) is 1.85. The van der Waals surface area contributed by atoms with Crippen LogP contribution in [0.3, 0.4) is 0 Å². The maximum Gasteiger partial charge on any atom is 0.317 e. The zero-order valence-corrected chi connectivity index (χ0v) is 9.58. The molecule has 0 saturated heterocycles. The van der Waals surface area contributed by atoms with E-state index in [0.29, 0.717) is 12.8 Å². The molecule has 0 atom stereocenters. The Morgan fingerprint density at radius 2 is 2.06 bits per heavy atom. The molecule has 7 heteroatoms. The third-order valence-electron chi connectivity index (χ3n) is 2.93. The summed E-state index contributed by atoms with van der Waals surface area (Å²) in [6, 6.07) is -0.647. The minimum absolute atomic E-state index is 0.165. The molecule has 98 valence electrons. The summed E-state index contributed by atoms with van der Waals surface area (Å²) in [5, 5.41) is 11.3. The first-order valence-electron chi connectivity index (χ1n) is 5.38. The number of urea groups is 1. The Morgan fingerprint density at radius 3 is 2.41 bits per heavy atom. The Balaban J connectivity index is 2.50. The Morgan fingerprint density at radius 1 is 1.47 bits per heavy atom. The summed E-state index contributed by atoms with van der Waals surface area (Å²) in [7, 11) is 1.26. The van der Waals surface area contributed by atoms with Crippen molar-refractivity contribution in [2.24, 2.45) is 0 Å². The Kier molecular flexibility index (Phi) is 4.25. The van der Waals surface area contributed by atoms with Gasteiger partial charge >= 0.3 is 12.0 Å². The maximum absolute atomic E-state index is 12.1. The van der Waals surface area contributed by atoms with Gasteiger partial charge in [0.2, 0.25) is 0 Å². The molecule has 2 amide bonds. The summed E-state index contributed by atoms with van der Waals surface area (Å²) in [6.45, 7) is -0.658. The number of amides is 2. The second-order valence-corrected chi connectivity index (χ2v) is 4.41. The zero-order valence-electron chi connectivity index (χ0n) is 9.58. The SMILES string of the molecule is CN(CC(F)F)C(=O)NC1(CC(=O)O)CCC1. The molecule has 1 fully saturated rings. The molecule has 1 saturated carbocycles. The van der Waals surface area contributed by atoms with E-state index in [2.05, 4.69) is 5.32 Å². The quantitative estimate of drug-likeness (QED) is 0.772. The normalized spacial score (nSPS) is 17.4. The fourth-order valence-corrected chi connectivity index (χ4v) is 1.85. The predicted molar refractivity (Wildman–Crippen MR) is 56.0 cm³/mol. The van der Waals surface area contributed by atoms with Gasteiger partial charge in [-0.1, -0.05) is 0 Å². The Labute approximate surface area is 97.8 Å². The average Bonchev–Trinajstić information content (AvgIpc) is 2.12. The lowest BCUT2D eigenvalue weighted by atomic mass is 9.74. The van der Waals surface area contributed by atoms with E-state index in [0.717, 1.165) is 11.3 Å². The van der Waals surface area contributed by atoms with Crippen molar-refractivity contribution < 1.29 is 23.5 Å². The largest absolute Gasteiger partial charge is 0.481 e. The van der Waals surface area contributed by atoms with Crippen LogP contribution < -0.4 is 5.32 Å². The molecule has 0 aromatic rings. The third-order valence-corrected chi connectivity index (χ3v) is 2.93. The predicted octanol–water partition coefficient (Wildman–Crippen LogP) is 1.29. The van der Waals surface area contributed by atoms with Crippen LogP contribution in [-0.2, 0) is 4.79 Å². The van der Waals surface area contributed by atoms with E-state index in [1.165, 1.54) is 7.05 Å². The van der Waals surface area contributed by atoms with Gasteiger partial charge in [0.25, 0.3) is 6.43 Å². The van der Waals surface area contributed by atoms with Gasteiger partial charge in [0.05, 0.1) is 18.5 Å². The molecule has 0 heterocycles. The summed E-state index contributed by atoms with van der Waals surface area (Å²) < 4.78 is 24.1. The van der Waals surface area contributed by atoms with Crippen LogP contribution in [0.1, 0.15) is 25.7 Å². The minimum atomic E-state index is -2.59. The summed E-state index contributed by atoms with van der Waals surface area (Å²) in [4.78, 5) is 23.1. The molecule has 0 aliphatic heterocycles. The van der Waals surface area contributed by atoms with Crippen LogP contribution in [-0.4, -0.2) is 47.6 Å². The summed E-state index contributed by atoms with van der Waals surface area (Å²) >= 11 is 0. The van der Waals surface area contributed by atoms with Crippen molar-refractivity contribution >= 4 is 12.0 Å². The van der Waals surface area contributed by atoms with Crippen molar-refractivity contribution in [3.63, 3.8) is 0 Å². The van der Waals surface area contributed by atoms with Gasteiger partial charge in [0.15, 0.2) is 0 Å². The minimum Gasteiger partial charge on any atom is -0.481 e. The lowest BCUT2D eigenvalue weighted by molar-refractivity contribution is -0.139. The second kappa shape index (κ2) is 5.29. The Hall–Kier alpha value is -1.40. The van der Waals surface area contributed by atoms with E-state index in [1.807, 2.05) is 0 Å². The maximum atomic E-state index is 12.1. The highest BCUT2D eigenvalue weighted by molar-refractivity contribution is 5.77. The first kappa shape index (κ1) is 13.7. The lowest BCUT2D eigenvalue weighted by Gasteiger charge is -2.42. The van der Waals surface area contributed by atoms with Gasteiger partial charge in [0.1, 0.15) is 0 Å². The summed E-state index contributed by atoms with van der Waals surface area (Å²) in [5.74, 6) is -0.999. The summed E-state index contributed by atoms with van der Waals surface area (Å²) in [5.41, 5.74) is -0.751. The van der Waals surface area contributed by atoms with Crippen LogP contribution >= 0.6 is 0 Å². The first-order chi connectivity index (χ1) is 7.84. The molecule has 17 heavy (non-hydrogen) atoms. The van der Waals surface area contributed by atoms with Crippen LogP contribution in [0.5, 0.6) is 0 Å². The number of halogens is 2. The molecule has 5 nitrogen and oxygen atoms in total. The molecule has 1 aliphatic carbocycles. The monoisotopic (exact) mass is 250 g/mol. The van der Waals surface area contributed by atoms with Gasteiger partial charge in [-0.15, -0.1) is 0 Å². The van der Waals surface area contributed by atoms with E-state index >= 15 is 0 Å². The van der Waals surface area contributed by atoms with E-state index in [9.17, 15) is 18.4 Å². The number of carboxylic acids is 1. The highest BCUT2D eigenvalue weighted by Crippen LogP contribution is 2.35. The van der Waals surface area contributed by atoms with Gasteiger partial charge in [-0.3, -0.25) is 4.79 Å².